The topological polar surface area (TPSA) is 104 Å². The van der Waals surface area contributed by atoms with E-state index in [2.05, 4.69) is 15.6 Å². The fraction of sp³-hybridized carbons (Fsp3) is 0.414. The molecule has 1 aromatic heterocycles. The highest BCUT2D eigenvalue weighted by Gasteiger charge is 2.49. The lowest BCUT2D eigenvalue weighted by Gasteiger charge is -2.37. The summed E-state index contributed by atoms with van der Waals surface area (Å²) in [5.74, 6) is -0.476. The lowest BCUT2D eigenvalue weighted by molar-refractivity contribution is -0.132. The molecule has 3 heterocycles. The Kier molecular flexibility index (Phi) is 7.02. The summed E-state index contributed by atoms with van der Waals surface area (Å²) in [6.45, 7) is 5.07. The van der Waals surface area contributed by atoms with Crippen molar-refractivity contribution in [3.8, 4) is 0 Å². The summed E-state index contributed by atoms with van der Waals surface area (Å²) < 4.78 is 5.06. The van der Waals surface area contributed by atoms with E-state index >= 15 is 0 Å². The van der Waals surface area contributed by atoms with Crippen LogP contribution in [0.4, 0.5) is 0 Å². The molecule has 0 spiro atoms. The SMILES string of the molecule is COCCCNC(=O)[C@H](CC(C)C)NC(=O)[C@H]1Cc2c([nH]c3ccccc23)[C@@H]2c3ccccc3C(=O)N21. The van der Waals surface area contributed by atoms with Crippen molar-refractivity contribution in [2.75, 3.05) is 20.3 Å². The molecule has 194 valence electrons. The zero-order valence-electron chi connectivity index (χ0n) is 21.5. The molecule has 2 aromatic carbocycles. The third-order valence-electron chi connectivity index (χ3n) is 7.32. The number of amides is 3. The highest BCUT2D eigenvalue weighted by molar-refractivity contribution is 6.04. The van der Waals surface area contributed by atoms with Crippen LogP contribution in [0.5, 0.6) is 0 Å². The Morgan fingerprint density at radius 3 is 2.68 bits per heavy atom. The molecule has 0 unspecified atom stereocenters. The standard InChI is InChI=1S/C29H34N4O4/c1-17(2)15-23(27(34)30-13-8-14-37-3)32-28(35)24-16-21-18-9-6-7-12-22(18)31-25(21)26-19-10-4-5-11-20(19)29(36)33(24)26/h4-7,9-12,17,23-24,26,31H,8,13-16H2,1-3H3,(H,30,34)(H,32,35)/t23-,24+,26-/m0/s1. The third kappa shape index (κ3) is 4.62. The van der Waals surface area contributed by atoms with Crippen LogP contribution in [-0.2, 0) is 20.7 Å². The van der Waals surface area contributed by atoms with Crippen molar-refractivity contribution in [2.45, 2.75) is 51.2 Å². The molecule has 3 atom stereocenters. The first-order chi connectivity index (χ1) is 17.9. The van der Waals surface area contributed by atoms with Crippen molar-refractivity contribution in [3.05, 3.63) is 70.9 Å². The van der Waals surface area contributed by atoms with Crippen LogP contribution in [0.25, 0.3) is 10.9 Å². The second-order valence-corrected chi connectivity index (χ2v) is 10.3. The largest absolute Gasteiger partial charge is 0.385 e. The number of nitrogens with zero attached hydrogens (tertiary/aromatic N) is 1. The molecule has 8 nitrogen and oxygen atoms in total. The number of rotatable bonds is 9. The predicted octanol–water partition coefficient (Wildman–Crippen LogP) is 3.32. The Bertz CT molecular complexity index is 1330. The number of para-hydroxylation sites is 1. The molecule has 3 aromatic rings. The van der Waals surface area contributed by atoms with E-state index in [9.17, 15) is 14.4 Å². The molecule has 2 aliphatic rings. The molecule has 8 heteroatoms. The molecule has 0 saturated carbocycles. The van der Waals surface area contributed by atoms with Crippen LogP contribution in [-0.4, -0.2) is 60.0 Å². The molecule has 0 aliphatic carbocycles. The molecule has 37 heavy (non-hydrogen) atoms. The number of hydrogen-bond acceptors (Lipinski definition) is 4. The number of carbonyl (C=O) groups excluding carboxylic acids is 3. The first-order valence-corrected chi connectivity index (χ1v) is 13.0. The maximum absolute atomic E-state index is 13.9. The Balaban J connectivity index is 1.47. The van der Waals surface area contributed by atoms with Gasteiger partial charge in [0.2, 0.25) is 11.8 Å². The molecular weight excluding hydrogens is 468 g/mol. The van der Waals surface area contributed by atoms with E-state index in [1.165, 1.54) is 0 Å². The van der Waals surface area contributed by atoms with Crippen molar-refractivity contribution in [3.63, 3.8) is 0 Å². The first-order valence-electron chi connectivity index (χ1n) is 13.0. The zero-order chi connectivity index (χ0) is 26.1. The van der Waals surface area contributed by atoms with Crippen molar-refractivity contribution < 1.29 is 19.1 Å². The van der Waals surface area contributed by atoms with Crippen LogP contribution < -0.4 is 10.6 Å². The van der Waals surface area contributed by atoms with Crippen molar-refractivity contribution in [2.24, 2.45) is 5.92 Å². The van der Waals surface area contributed by atoms with Gasteiger partial charge in [-0.3, -0.25) is 14.4 Å². The van der Waals surface area contributed by atoms with E-state index in [1.807, 2.05) is 62.4 Å². The fourth-order valence-corrected chi connectivity index (χ4v) is 5.66. The highest BCUT2D eigenvalue weighted by Crippen LogP contribution is 2.46. The van der Waals surface area contributed by atoms with Crippen LogP contribution in [0.1, 0.15) is 59.9 Å². The minimum atomic E-state index is -0.729. The normalized spacial score (nSPS) is 18.9. The molecule has 0 bridgehead atoms. The van der Waals surface area contributed by atoms with Gasteiger partial charge in [-0.1, -0.05) is 50.2 Å². The van der Waals surface area contributed by atoms with Crippen LogP contribution in [0.2, 0.25) is 0 Å². The summed E-state index contributed by atoms with van der Waals surface area (Å²) in [4.78, 5) is 45.7. The average Bonchev–Trinajstić information content (AvgIpc) is 3.41. The summed E-state index contributed by atoms with van der Waals surface area (Å²) in [5, 5.41) is 6.98. The molecule has 3 N–H and O–H groups in total. The van der Waals surface area contributed by atoms with Gasteiger partial charge >= 0.3 is 0 Å². The van der Waals surface area contributed by atoms with Gasteiger partial charge in [-0.25, -0.2) is 0 Å². The lowest BCUT2D eigenvalue weighted by atomic mass is 9.89. The minimum absolute atomic E-state index is 0.158. The average molecular weight is 503 g/mol. The first kappa shape index (κ1) is 25.0. The molecule has 0 fully saturated rings. The third-order valence-corrected chi connectivity index (χ3v) is 7.32. The fourth-order valence-electron chi connectivity index (χ4n) is 5.66. The number of fused-ring (bicyclic) bond motifs is 7. The van der Waals surface area contributed by atoms with Crippen molar-refractivity contribution in [1.82, 2.24) is 20.5 Å². The number of nitrogens with one attached hydrogen (secondary N) is 3. The van der Waals surface area contributed by atoms with Crippen LogP contribution in [0.15, 0.2) is 48.5 Å². The van der Waals surface area contributed by atoms with E-state index in [-0.39, 0.29) is 29.7 Å². The molecule has 2 aliphatic heterocycles. The maximum Gasteiger partial charge on any atom is 0.255 e. The van der Waals surface area contributed by atoms with Crippen molar-refractivity contribution in [1.29, 1.82) is 0 Å². The van der Waals surface area contributed by atoms with Crippen LogP contribution >= 0.6 is 0 Å². The van der Waals surface area contributed by atoms with Gasteiger partial charge in [-0.05, 0) is 42.0 Å². The highest BCUT2D eigenvalue weighted by atomic mass is 16.5. The molecule has 3 amide bonds. The Labute approximate surface area is 216 Å². The second-order valence-electron chi connectivity index (χ2n) is 10.3. The Hall–Kier alpha value is -3.65. The van der Waals surface area contributed by atoms with Gasteiger partial charge in [0.1, 0.15) is 12.1 Å². The number of benzene rings is 2. The van der Waals surface area contributed by atoms with Crippen molar-refractivity contribution >= 4 is 28.6 Å². The number of aromatic nitrogens is 1. The van der Waals surface area contributed by atoms with E-state index in [4.69, 9.17) is 4.74 Å². The minimum Gasteiger partial charge on any atom is -0.385 e. The van der Waals surface area contributed by atoms with Gasteiger partial charge in [-0.2, -0.15) is 0 Å². The Morgan fingerprint density at radius 1 is 1.14 bits per heavy atom. The monoisotopic (exact) mass is 502 g/mol. The number of hydrogen-bond donors (Lipinski definition) is 3. The maximum atomic E-state index is 13.9. The summed E-state index contributed by atoms with van der Waals surface area (Å²) in [6.07, 6.45) is 1.58. The number of aromatic amines is 1. The number of ether oxygens (including phenoxy) is 1. The van der Waals surface area contributed by atoms with Gasteiger partial charge in [0, 0.05) is 48.8 Å². The Morgan fingerprint density at radius 2 is 1.89 bits per heavy atom. The number of methoxy groups -OCH3 is 1. The van der Waals surface area contributed by atoms with Gasteiger partial charge in [-0.15, -0.1) is 0 Å². The van der Waals surface area contributed by atoms with Gasteiger partial charge in [0.05, 0.1) is 6.04 Å². The van der Waals surface area contributed by atoms with E-state index in [1.54, 1.807) is 12.0 Å². The van der Waals surface area contributed by atoms with Crippen LogP contribution in [0, 0.1) is 5.92 Å². The van der Waals surface area contributed by atoms with Crippen LogP contribution in [0.3, 0.4) is 0 Å². The van der Waals surface area contributed by atoms with Gasteiger partial charge in [0.25, 0.3) is 5.91 Å². The summed E-state index contributed by atoms with van der Waals surface area (Å²) >= 11 is 0. The summed E-state index contributed by atoms with van der Waals surface area (Å²) in [5.41, 5.74) is 4.50. The van der Waals surface area contributed by atoms with E-state index in [0.29, 0.717) is 38.0 Å². The molecular formula is C29H34N4O4. The molecule has 0 saturated heterocycles. The quantitative estimate of drug-likeness (QED) is 0.391. The summed E-state index contributed by atoms with van der Waals surface area (Å²) in [7, 11) is 1.62. The summed E-state index contributed by atoms with van der Waals surface area (Å²) in [6, 6.07) is 13.8. The van der Waals surface area contributed by atoms with E-state index in [0.717, 1.165) is 27.7 Å². The smallest absolute Gasteiger partial charge is 0.255 e. The number of H-pyrrole nitrogens is 1. The molecule has 0 radical (unpaired) electrons. The second kappa shape index (κ2) is 10.4. The zero-order valence-corrected chi connectivity index (χ0v) is 21.5. The van der Waals surface area contributed by atoms with E-state index < -0.39 is 12.1 Å². The predicted molar refractivity (Wildman–Crippen MR) is 141 cm³/mol. The molecule has 5 rings (SSSR count). The van der Waals surface area contributed by atoms with Gasteiger partial charge in [0.15, 0.2) is 0 Å². The number of carbonyl (C=O) groups is 3. The lowest BCUT2D eigenvalue weighted by Crippen LogP contribution is -2.56. The van der Waals surface area contributed by atoms with Gasteiger partial charge < -0.3 is 25.3 Å².